The van der Waals surface area contributed by atoms with Crippen LogP contribution in [0.15, 0.2) is 36.5 Å². The van der Waals surface area contributed by atoms with Crippen molar-refractivity contribution >= 4 is 22.7 Å². The van der Waals surface area contributed by atoms with Crippen molar-refractivity contribution in [2.75, 3.05) is 6.54 Å². The van der Waals surface area contributed by atoms with Crippen molar-refractivity contribution in [2.24, 2.45) is 11.7 Å². The Hall–Kier alpha value is -2.43. The van der Waals surface area contributed by atoms with Gasteiger partial charge in [-0.1, -0.05) is 19.1 Å². The highest BCUT2D eigenvalue weighted by Gasteiger charge is 2.33. The molecule has 2 aromatic rings. The number of fused-ring (bicyclic) bond motifs is 1. The monoisotopic (exact) mass is 297 g/mol. The normalized spacial score (nSPS) is 21.8. The van der Waals surface area contributed by atoms with E-state index >= 15 is 0 Å². The summed E-state index contributed by atoms with van der Waals surface area (Å²) in [5.74, 6) is -1.11. The Bertz CT molecular complexity index is 729. The molecule has 1 aromatic carbocycles. The molecule has 5 nitrogen and oxygen atoms in total. The lowest BCUT2D eigenvalue weighted by Crippen LogP contribution is -2.46. The summed E-state index contributed by atoms with van der Waals surface area (Å²) in [5, 5.41) is 1.03. The van der Waals surface area contributed by atoms with Gasteiger partial charge in [0.05, 0.1) is 11.6 Å². The summed E-state index contributed by atoms with van der Waals surface area (Å²) in [6, 6.07) is 9.77. The molecule has 1 saturated heterocycles. The number of hydrogen-bond donors (Lipinski definition) is 1. The van der Waals surface area contributed by atoms with E-state index in [1.165, 1.54) is 0 Å². The average Bonchev–Trinajstić information content (AvgIpc) is 2.53. The van der Waals surface area contributed by atoms with Crippen LogP contribution in [-0.4, -0.2) is 28.2 Å². The van der Waals surface area contributed by atoms with Crippen molar-refractivity contribution in [2.45, 2.75) is 25.8 Å². The number of benzene rings is 1. The van der Waals surface area contributed by atoms with Crippen molar-refractivity contribution in [1.29, 1.82) is 0 Å². The first-order valence-corrected chi connectivity index (χ1v) is 7.51. The van der Waals surface area contributed by atoms with Gasteiger partial charge in [-0.3, -0.25) is 14.6 Å². The number of pyridine rings is 1. The molecule has 0 aliphatic carbocycles. The van der Waals surface area contributed by atoms with Crippen LogP contribution in [0.5, 0.6) is 0 Å². The highest BCUT2D eigenvalue weighted by molar-refractivity contribution is 6.34. The molecule has 2 heterocycles. The van der Waals surface area contributed by atoms with E-state index in [0.29, 0.717) is 12.5 Å². The van der Waals surface area contributed by atoms with Crippen LogP contribution >= 0.6 is 0 Å². The van der Waals surface area contributed by atoms with E-state index in [4.69, 9.17) is 5.73 Å². The van der Waals surface area contributed by atoms with E-state index in [9.17, 15) is 9.59 Å². The highest BCUT2D eigenvalue weighted by Crippen LogP contribution is 2.34. The van der Waals surface area contributed by atoms with Gasteiger partial charge in [-0.05, 0) is 42.5 Å². The third-order valence-electron chi connectivity index (χ3n) is 4.30. The van der Waals surface area contributed by atoms with Gasteiger partial charge in [-0.25, -0.2) is 0 Å². The van der Waals surface area contributed by atoms with Crippen LogP contribution in [0.25, 0.3) is 10.9 Å². The Morgan fingerprint density at radius 2 is 2.09 bits per heavy atom. The van der Waals surface area contributed by atoms with E-state index < -0.39 is 11.8 Å². The van der Waals surface area contributed by atoms with Gasteiger partial charge < -0.3 is 10.6 Å². The second-order valence-corrected chi connectivity index (χ2v) is 5.98. The molecule has 0 saturated carbocycles. The standard InChI is InChI=1S/C17H19N3O2/c1-11-4-7-15(20(10-11)17(22)16(18)21)13-5-6-14-12(9-13)3-2-8-19-14/h2-3,5-6,8-9,11,15H,4,7,10H2,1H3,(H2,18,21)/t11-,15+/m0/s1. The lowest BCUT2D eigenvalue weighted by molar-refractivity contribution is -0.147. The largest absolute Gasteiger partial charge is 0.361 e. The van der Waals surface area contributed by atoms with Crippen LogP contribution in [0.2, 0.25) is 0 Å². The number of carbonyl (C=O) groups is 2. The van der Waals surface area contributed by atoms with Crippen LogP contribution < -0.4 is 5.73 Å². The zero-order chi connectivity index (χ0) is 15.7. The minimum Gasteiger partial charge on any atom is -0.361 e. The highest BCUT2D eigenvalue weighted by atomic mass is 16.2. The van der Waals surface area contributed by atoms with Gasteiger partial charge in [-0.15, -0.1) is 0 Å². The molecule has 1 aliphatic heterocycles. The fourth-order valence-corrected chi connectivity index (χ4v) is 3.17. The van der Waals surface area contributed by atoms with Crippen molar-refractivity contribution in [3.63, 3.8) is 0 Å². The summed E-state index contributed by atoms with van der Waals surface area (Å²) in [5.41, 5.74) is 7.15. The van der Waals surface area contributed by atoms with Crippen molar-refractivity contribution in [3.8, 4) is 0 Å². The minimum atomic E-state index is -0.887. The van der Waals surface area contributed by atoms with E-state index in [1.54, 1.807) is 11.1 Å². The Morgan fingerprint density at radius 1 is 1.27 bits per heavy atom. The van der Waals surface area contributed by atoms with Gasteiger partial charge in [0.2, 0.25) is 0 Å². The van der Waals surface area contributed by atoms with Crippen LogP contribution in [0.1, 0.15) is 31.4 Å². The summed E-state index contributed by atoms with van der Waals surface area (Å²) in [7, 11) is 0. The zero-order valence-electron chi connectivity index (χ0n) is 12.5. The van der Waals surface area contributed by atoms with Crippen molar-refractivity contribution in [1.82, 2.24) is 9.88 Å². The average molecular weight is 297 g/mol. The molecule has 5 heteroatoms. The Kier molecular flexibility index (Phi) is 3.79. The Morgan fingerprint density at radius 3 is 2.86 bits per heavy atom. The third kappa shape index (κ3) is 2.66. The van der Waals surface area contributed by atoms with Gasteiger partial charge in [0.25, 0.3) is 0 Å². The number of nitrogens with two attached hydrogens (primary N) is 1. The molecule has 0 bridgehead atoms. The second-order valence-electron chi connectivity index (χ2n) is 5.98. The maximum atomic E-state index is 12.1. The number of nitrogens with zero attached hydrogens (tertiary/aromatic N) is 2. The number of amides is 2. The van der Waals surface area contributed by atoms with Crippen molar-refractivity contribution < 1.29 is 9.59 Å². The van der Waals surface area contributed by atoms with Gasteiger partial charge in [-0.2, -0.15) is 0 Å². The number of likely N-dealkylation sites (tertiary alicyclic amines) is 1. The molecule has 0 radical (unpaired) electrons. The number of hydrogen-bond acceptors (Lipinski definition) is 3. The summed E-state index contributed by atoms with van der Waals surface area (Å²) in [6.07, 6.45) is 3.62. The SMILES string of the molecule is C[C@H]1CC[C@H](c2ccc3ncccc3c2)N(C(=O)C(N)=O)C1. The molecule has 1 aromatic heterocycles. The molecule has 2 N–H and O–H groups in total. The summed E-state index contributed by atoms with van der Waals surface area (Å²) in [6.45, 7) is 2.65. The number of carbonyl (C=O) groups excluding carboxylic acids is 2. The molecule has 0 unspecified atom stereocenters. The number of piperidine rings is 1. The van der Waals surface area contributed by atoms with Crippen LogP contribution in [0.3, 0.4) is 0 Å². The van der Waals surface area contributed by atoms with Gasteiger partial charge in [0.15, 0.2) is 0 Å². The molecule has 2 amide bonds. The fourth-order valence-electron chi connectivity index (χ4n) is 3.17. The Labute approximate surface area is 129 Å². The topological polar surface area (TPSA) is 76.3 Å². The van der Waals surface area contributed by atoms with Gasteiger partial charge in [0, 0.05) is 18.1 Å². The third-order valence-corrected chi connectivity index (χ3v) is 4.30. The molecular formula is C17H19N3O2. The molecule has 2 atom stereocenters. The van der Waals surface area contributed by atoms with Gasteiger partial charge in [0.1, 0.15) is 0 Å². The molecule has 1 aliphatic rings. The first-order chi connectivity index (χ1) is 10.6. The smallest absolute Gasteiger partial charge is 0.312 e. The number of aromatic nitrogens is 1. The minimum absolute atomic E-state index is 0.0965. The molecule has 22 heavy (non-hydrogen) atoms. The molecular weight excluding hydrogens is 278 g/mol. The van der Waals surface area contributed by atoms with Crippen LogP contribution in [-0.2, 0) is 9.59 Å². The van der Waals surface area contributed by atoms with Gasteiger partial charge >= 0.3 is 11.8 Å². The number of rotatable bonds is 1. The van der Waals surface area contributed by atoms with Crippen LogP contribution in [0, 0.1) is 5.92 Å². The zero-order valence-corrected chi connectivity index (χ0v) is 12.5. The lowest BCUT2D eigenvalue weighted by Gasteiger charge is -2.38. The molecule has 0 spiro atoms. The maximum Gasteiger partial charge on any atom is 0.312 e. The maximum absolute atomic E-state index is 12.1. The first-order valence-electron chi connectivity index (χ1n) is 7.51. The first kappa shape index (κ1) is 14.5. The molecule has 3 rings (SSSR count). The fraction of sp³-hybridized carbons (Fsp3) is 0.353. The summed E-state index contributed by atoms with van der Waals surface area (Å²) < 4.78 is 0. The molecule has 114 valence electrons. The van der Waals surface area contributed by atoms with E-state index in [-0.39, 0.29) is 6.04 Å². The van der Waals surface area contributed by atoms with Crippen LogP contribution in [0.4, 0.5) is 0 Å². The predicted molar refractivity (Wildman–Crippen MR) is 83.8 cm³/mol. The lowest BCUT2D eigenvalue weighted by atomic mass is 9.89. The molecule has 1 fully saturated rings. The van der Waals surface area contributed by atoms with E-state index in [1.807, 2.05) is 30.3 Å². The quantitative estimate of drug-likeness (QED) is 0.818. The summed E-state index contributed by atoms with van der Waals surface area (Å²) >= 11 is 0. The second kappa shape index (κ2) is 5.75. The van der Waals surface area contributed by atoms with E-state index in [0.717, 1.165) is 29.3 Å². The van der Waals surface area contributed by atoms with Crippen molar-refractivity contribution in [3.05, 3.63) is 42.1 Å². The van der Waals surface area contributed by atoms with E-state index in [2.05, 4.69) is 11.9 Å². The predicted octanol–water partition coefficient (Wildman–Crippen LogP) is 2.02. The number of primary amides is 1. The summed E-state index contributed by atoms with van der Waals surface area (Å²) in [4.78, 5) is 29.4. The Balaban J connectivity index is 1.98.